The summed E-state index contributed by atoms with van der Waals surface area (Å²) in [7, 11) is 3.55. The second-order valence-corrected chi connectivity index (χ2v) is 4.62. The largest absolute Gasteiger partial charge is 0.370 e. The molecule has 0 aromatic carbocycles. The Morgan fingerprint density at radius 3 is 2.63 bits per heavy atom. The third-order valence-electron chi connectivity index (χ3n) is 2.73. The van der Waals surface area contributed by atoms with Crippen LogP contribution in [0.4, 0.5) is 11.6 Å². The quantitative estimate of drug-likeness (QED) is 0.816. The van der Waals surface area contributed by atoms with Crippen molar-refractivity contribution in [2.45, 2.75) is 20.3 Å². The van der Waals surface area contributed by atoms with Gasteiger partial charge in [0.2, 0.25) is 5.91 Å². The molecule has 106 valence electrons. The van der Waals surface area contributed by atoms with Gasteiger partial charge in [-0.1, -0.05) is 13.0 Å². The van der Waals surface area contributed by atoms with Crippen LogP contribution < -0.4 is 10.2 Å². The highest BCUT2D eigenvalue weighted by Crippen LogP contribution is 2.14. The molecule has 0 spiro atoms. The lowest BCUT2D eigenvalue weighted by molar-refractivity contribution is -0.127. The van der Waals surface area contributed by atoms with Crippen molar-refractivity contribution >= 4 is 17.5 Å². The van der Waals surface area contributed by atoms with Crippen LogP contribution in [-0.2, 0) is 4.79 Å². The van der Waals surface area contributed by atoms with E-state index in [1.807, 2.05) is 30.0 Å². The van der Waals surface area contributed by atoms with Crippen LogP contribution in [-0.4, -0.2) is 49.5 Å². The summed E-state index contributed by atoms with van der Waals surface area (Å²) in [5.74, 6) is 1.78. The summed E-state index contributed by atoms with van der Waals surface area (Å²) in [4.78, 5) is 20.0. The SMILES string of the molecule is CCCN(CC(=O)N(C)C)c1cccc(NCC)n1. The van der Waals surface area contributed by atoms with Crippen LogP contribution in [0.3, 0.4) is 0 Å². The summed E-state index contributed by atoms with van der Waals surface area (Å²) >= 11 is 0. The van der Waals surface area contributed by atoms with Crippen molar-refractivity contribution in [1.29, 1.82) is 0 Å². The van der Waals surface area contributed by atoms with E-state index in [0.717, 1.165) is 31.1 Å². The number of carbonyl (C=O) groups excluding carboxylic acids is 1. The average molecular weight is 264 g/mol. The molecule has 0 unspecified atom stereocenters. The molecule has 0 atom stereocenters. The van der Waals surface area contributed by atoms with Crippen LogP contribution in [0.2, 0.25) is 0 Å². The van der Waals surface area contributed by atoms with E-state index in [9.17, 15) is 4.79 Å². The van der Waals surface area contributed by atoms with Crippen molar-refractivity contribution in [3.8, 4) is 0 Å². The molecule has 1 aromatic heterocycles. The molecule has 5 nitrogen and oxygen atoms in total. The van der Waals surface area contributed by atoms with Gasteiger partial charge in [0.15, 0.2) is 0 Å². The molecular formula is C14H24N4O. The van der Waals surface area contributed by atoms with Crippen LogP contribution in [0, 0.1) is 0 Å². The standard InChI is InChI=1S/C14H24N4O/c1-5-10-18(11-14(19)17(3)4)13-9-7-8-12(16-13)15-6-2/h7-9H,5-6,10-11H2,1-4H3,(H,15,16). The first-order chi connectivity index (χ1) is 9.08. The molecule has 0 saturated carbocycles. The lowest BCUT2D eigenvalue weighted by Crippen LogP contribution is -2.37. The van der Waals surface area contributed by atoms with E-state index in [-0.39, 0.29) is 5.91 Å². The van der Waals surface area contributed by atoms with Gasteiger partial charge in [0, 0.05) is 27.2 Å². The minimum absolute atomic E-state index is 0.0871. The third kappa shape index (κ3) is 4.77. The number of amides is 1. The Morgan fingerprint density at radius 2 is 2.05 bits per heavy atom. The number of hydrogen-bond donors (Lipinski definition) is 1. The molecular weight excluding hydrogens is 240 g/mol. The highest BCUT2D eigenvalue weighted by atomic mass is 16.2. The number of aromatic nitrogens is 1. The number of nitrogens with zero attached hydrogens (tertiary/aromatic N) is 3. The van der Waals surface area contributed by atoms with Crippen molar-refractivity contribution in [3.63, 3.8) is 0 Å². The Bertz CT molecular complexity index is 406. The molecule has 0 radical (unpaired) electrons. The first-order valence-corrected chi connectivity index (χ1v) is 6.74. The molecule has 1 N–H and O–H groups in total. The predicted octanol–water partition coefficient (Wildman–Crippen LogP) is 1.82. The summed E-state index contributed by atoms with van der Waals surface area (Å²) in [5, 5.41) is 3.19. The summed E-state index contributed by atoms with van der Waals surface area (Å²) in [5.41, 5.74) is 0. The fourth-order valence-corrected chi connectivity index (χ4v) is 1.73. The molecule has 0 aliphatic heterocycles. The van der Waals surface area contributed by atoms with Gasteiger partial charge < -0.3 is 15.1 Å². The highest BCUT2D eigenvalue weighted by Gasteiger charge is 2.13. The minimum Gasteiger partial charge on any atom is -0.370 e. The van der Waals surface area contributed by atoms with E-state index in [0.29, 0.717) is 6.54 Å². The maximum absolute atomic E-state index is 11.9. The van der Waals surface area contributed by atoms with Gasteiger partial charge in [-0.3, -0.25) is 4.79 Å². The Morgan fingerprint density at radius 1 is 1.32 bits per heavy atom. The lowest BCUT2D eigenvalue weighted by Gasteiger charge is -2.24. The monoisotopic (exact) mass is 264 g/mol. The maximum Gasteiger partial charge on any atom is 0.241 e. The number of likely N-dealkylation sites (N-methyl/N-ethyl adjacent to an activating group) is 1. The van der Waals surface area contributed by atoms with Crippen molar-refractivity contribution in [2.24, 2.45) is 0 Å². The molecule has 1 amide bonds. The summed E-state index contributed by atoms with van der Waals surface area (Å²) in [6, 6.07) is 5.84. The van der Waals surface area contributed by atoms with E-state index in [1.165, 1.54) is 0 Å². The summed E-state index contributed by atoms with van der Waals surface area (Å²) in [6.45, 7) is 6.15. The zero-order chi connectivity index (χ0) is 14.3. The van der Waals surface area contributed by atoms with Crippen molar-refractivity contribution < 1.29 is 4.79 Å². The van der Waals surface area contributed by atoms with Crippen LogP contribution in [0.15, 0.2) is 18.2 Å². The van der Waals surface area contributed by atoms with Gasteiger partial charge in [-0.25, -0.2) is 4.98 Å². The van der Waals surface area contributed by atoms with E-state index in [1.54, 1.807) is 19.0 Å². The Kier molecular flexibility index (Phi) is 6.12. The zero-order valence-corrected chi connectivity index (χ0v) is 12.3. The maximum atomic E-state index is 11.9. The van der Waals surface area contributed by atoms with E-state index in [2.05, 4.69) is 17.2 Å². The predicted molar refractivity (Wildman–Crippen MR) is 79.6 cm³/mol. The first kappa shape index (κ1) is 15.3. The fourth-order valence-electron chi connectivity index (χ4n) is 1.73. The van der Waals surface area contributed by atoms with Crippen molar-refractivity contribution in [1.82, 2.24) is 9.88 Å². The van der Waals surface area contributed by atoms with Crippen LogP contribution >= 0.6 is 0 Å². The van der Waals surface area contributed by atoms with Gasteiger partial charge >= 0.3 is 0 Å². The van der Waals surface area contributed by atoms with E-state index >= 15 is 0 Å². The number of pyridine rings is 1. The molecule has 0 fully saturated rings. The fraction of sp³-hybridized carbons (Fsp3) is 0.571. The van der Waals surface area contributed by atoms with Gasteiger partial charge in [-0.2, -0.15) is 0 Å². The number of rotatable bonds is 7. The number of nitrogens with one attached hydrogen (secondary N) is 1. The lowest BCUT2D eigenvalue weighted by atomic mass is 10.3. The van der Waals surface area contributed by atoms with Crippen LogP contribution in [0.5, 0.6) is 0 Å². The topological polar surface area (TPSA) is 48.5 Å². The highest BCUT2D eigenvalue weighted by molar-refractivity contribution is 5.80. The first-order valence-electron chi connectivity index (χ1n) is 6.74. The van der Waals surface area contributed by atoms with Gasteiger partial charge in [-0.15, -0.1) is 0 Å². The molecule has 19 heavy (non-hydrogen) atoms. The molecule has 0 aliphatic carbocycles. The van der Waals surface area contributed by atoms with Gasteiger partial charge in [0.1, 0.15) is 11.6 Å². The molecule has 0 aliphatic rings. The summed E-state index contributed by atoms with van der Waals surface area (Å²) in [6.07, 6.45) is 0.980. The van der Waals surface area contributed by atoms with Gasteiger partial charge in [0.25, 0.3) is 0 Å². The number of carbonyl (C=O) groups is 1. The molecule has 1 rings (SSSR count). The number of hydrogen-bond acceptors (Lipinski definition) is 4. The molecule has 1 aromatic rings. The average Bonchev–Trinajstić information content (AvgIpc) is 2.38. The van der Waals surface area contributed by atoms with Crippen LogP contribution in [0.25, 0.3) is 0 Å². The third-order valence-corrected chi connectivity index (χ3v) is 2.73. The Labute approximate surface area is 115 Å². The smallest absolute Gasteiger partial charge is 0.241 e. The molecule has 1 heterocycles. The van der Waals surface area contributed by atoms with Gasteiger partial charge in [-0.05, 0) is 25.5 Å². The normalized spacial score (nSPS) is 10.1. The van der Waals surface area contributed by atoms with Crippen molar-refractivity contribution in [3.05, 3.63) is 18.2 Å². The Balaban J connectivity index is 2.85. The molecule has 0 bridgehead atoms. The van der Waals surface area contributed by atoms with Crippen molar-refractivity contribution in [2.75, 3.05) is 43.9 Å². The van der Waals surface area contributed by atoms with E-state index < -0.39 is 0 Å². The van der Waals surface area contributed by atoms with E-state index in [4.69, 9.17) is 0 Å². The zero-order valence-electron chi connectivity index (χ0n) is 12.3. The minimum atomic E-state index is 0.0871. The molecule has 0 saturated heterocycles. The Hall–Kier alpha value is -1.78. The van der Waals surface area contributed by atoms with Crippen LogP contribution in [0.1, 0.15) is 20.3 Å². The summed E-state index contributed by atoms with van der Waals surface area (Å²) < 4.78 is 0. The number of anilines is 2. The second-order valence-electron chi connectivity index (χ2n) is 4.62. The van der Waals surface area contributed by atoms with Gasteiger partial charge in [0.05, 0.1) is 6.54 Å². The second kappa shape index (κ2) is 7.61. The molecule has 5 heteroatoms.